The first-order chi connectivity index (χ1) is 10.1. The molecule has 0 radical (unpaired) electrons. The van der Waals surface area contributed by atoms with E-state index >= 15 is 0 Å². The summed E-state index contributed by atoms with van der Waals surface area (Å²) >= 11 is 0. The summed E-state index contributed by atoms with van der Waals surface area (Å²) in [5.41, 5.74) is 1.48. The normalized spacial score (nSPS) is 12.3. The van der Waals surface area contributed by atoms with Gasteiger partial charge >= 0.3 is 0 Å². The van der Waals surface area contributed by atoms with E-state index in [0.29, 0.717) is 5.56 Å². The third-order valence-corrected chi connectivity index (χ3v) is 3.59. The topological polar surface area (TPSA) is 32.3 Å². The standard InChI is InChI=1S/C18H16FNO/c1-12(17-11-15(19)7-9-18(17)21)20-16-8-6-13-4-2-3-5-14(13)10-16/h2-12,20-21H,1H3. The van der Waals surface area contributed by atoms with Gasteiger partial charge < -0.3 is 10.4 Å². The van der Waals surface area contributed by atoms with E-state index in [1.165, 1.54) is 23.6 Å². The van der Waals surface area contributed by atoms with Gasteiger partial charge in [0.1, 0.15) is 11.6 Å². The van der Waals surface area contributed by atoms with Crippen LogP contribution in [-0.2, 0) is 0 Å². The summed E-state index contributed by atoms with van der Waals surface area (Å²) in [5, 5.41) is 15.4. The van der Waals surface area contributed by atoms with E-state index in [1.54, 1.807) is 0 Å². The second kappa shape index (κ2) is 5.44. The van der Waals surface area contributed by atoms with Crippen LogP contribution in [0.2, 0.25) is 0 Å². The predicted molar refractivity (Wildman–Crippen MR) is 84.1 cm³/mol. The molecular weight excluding hydrogens is 265 g/mol. The van der Waals surface area contributed by atoms with Gasteiger partial charge in [-0.1, -0.05) is 30.3 Å². The number of nitrogens with one attached hydrogen (secondary N) is 1. The average molecular weight is 281 g/mol. The van der Waals surface area contributed by atoms with Gasteiger partial charge in [-0.3, -0.25) is 0 Å². The molecule has 1 atom stereocenters. The highest BCUT2D eigenvalue weighted by atomic mass is 19.1. The summed E-state index contributed by atoms with van der Waals surface area (Å²) in [6.07, 6.45) is 0. The number of phenolic OH excluding ortho intramolecular Hbond substituents is 1. The van der Waals surface area contributed by atoms with Gasteiger partial charge in [0.15, 0.2) is 0 Å². The number of phenols is 1. The summed E-state index contributed by atoms with van der Waals surface area (Å²) < 4.78 is 13.3. The van der Waals surface area contributed by atoms with Crippen LogP contribution in [0.3, 0.4) is 0 Å². The molecule has 0 fully saturated rings. The largest absolute Gasteiger partial charge is 0.508 e. The van der Waals surface area contributed by atoms with E-state index in [9.17, 15) is 9.50 Å². The van der Waals surface area contributed by atoms with Crippen LogP contribution >= 0.6 is 0 Å². The first-order valence-electron chi connectivity index (χ1n) is 6.87. The fourth-order valence-corrected chi connectivity index (χ4v) is 2.48. The molecule has 0 saturated carbocycles. The van der Waals surface area contributed by atoms with Gasteiger partial charge in [0.05, 0.1) is 6.04 Å². The highest BCUT2D eigenvalue weighted by Gasteiger charge is 2.11. The Balaban J connectivity index is 1.88. The fraction of sp³-hybridized carbons (Fsp3) is 0.111. The summed E-state index contributed by atoms with van der Waals surface area (Å²) in [7, 11) is 0. The number of anilines is 1. The van der Waals surface area contributed by atoms with E-state index in [2.05, 4.69) is 11.4 Å². The quantitative estimate of drug-likeness (QED) is 0.718. The molecule has 0 aliphatic carbocycles. The van der Waals surface area contributed by atoms with Gasteiger partial charge in [-0.15, -0.1) is 0 Å². The Kier molecular flexibility index (Phi) is 3.48. The van der Waals surface area contributed by atoms with E-state index in [0.717, 1.165) is 11.1 Å². The van der Waals surface area contributed by atoms with Crippen molar-refractivity contribution in [2.75, 3.05) is 5.32 Å². The lowest BCUT2D eigenvalue weighted by Gasteiger charge is -2.17. The number of benzene rings is 3. The highest BCUT2D eigenvalue weighted by Crippen LogP contribution is 2.28. The zero-order valence-electron chi connectivity index (χ0n) is 11.7. The van der Waals surface area contributed by atoms with Gasteiger partial charge in [0.25, 0.3) is 0 Å². The first-order valence-corrected chi connectivity index (χ1v) is 6.87. The SMILES string of the molecule is CC(Nc1ccc2ccccc2c1)c1cc(F)ccc1O. The lowest BCUT2D eigenvalue weighted by Crippen LogP contribution is -2.07. The molecule has 0 spiro atoms. The first kappa shape index (κ1) is 13.4. The smallest absolute Gasteiger partial charge is 0.123 e. The Morgan fingerprint density at radius 1 is 0.952 bits per heavy atom. The van der Waals surface area contributed by atoms with Crippen LogP contribution in [0.25, 0.3) is 10.8 Å². The number of hydrogen-bond acceptors (Lipinski definition) is 2. The van der Waals surface area contributed by atoms with Gasteiger partial charge in [-0.2, -0.15) is 0 Å². The minimum atomic E-state index is -0.352. The molecule has 106 valence electrons. The number of hydrogen-bond donors (Lipinski definition) is 2. The molecule has 3 aromatic carbocycles. The van der Waals surface area contributed by atoms with E-state index < -0.39 is 0 Å². The highest BCUT2D eigenvalue weighted by molar-refractivity contribution is 5.85. The lowest BCUT2D eigenvalue weighted by molar-refractivity contribution is 0.462. The maximum atomic E-state index is 13.3. The molecule has 3 heteroatoms. The molecule has 3 aromatic rings. The zero-order chi connectivity index (χ0) is 14.8. The predicted octanol–water partition coefficient (Wildman–Crippen LogP) is 4.86. The van der Waals surface area contributed by atoms with Crippen LogP contribution in [0.15, 0.2) is 60.7 Å². The Labute approximate surface area is 122 Å². The number of aromatic hydroxyl groups is 1. The van der Waals surface area contributed by atoms with Gasteiger partial charge in [0, 0.05) is 11.3 Å². The van der Waals surface area contributed by atoms with E-state index in [1.807, 2.05) is 43.3 Å². The van der Waals surface area contributed by atoms with Crippen molar-refractivity contribution in [1.29, 1.82) is 0 Å². The Morgan fingerprint density at radius 2 is 1.71 bits per heavy atom. The van der Waals surface area contributed by atoms with Crippen molar-refractivity contribution in [3.63, 3.8) is 0 Å². The molecule has 2 N–H and O–H groups in total. The third kappa shape index (κ3) is 2.82. The van der Waals surface area contributed by atoms with Gasteiger partial charge in [0.2, 0.25) is 0 Å². The molecule has 0 aliphatic rings. The molecular formula is C18H16FNO. The number of fused-ring (bicyclic) bond motifs is 1. The molecule has 2 nitrogen and oxygen atoms in total. The Bertz CT molecular complexity index is 785. The Morgan fingerprint density at radius 3 is 2.52 bits per heavy atom. The molecule has 0 aliphatic heterocycles. The minimum Gasteiger partial charge on any atom is -0.508 e. The fourth-order valence-electron chi connectivity index (χ4n) is 2.48. The van der Waals surface area contributed by atoms with Gasteiger partial charge in [-0.25, -0.2) is 4.39 Å². The maximum absolute atomic E-state index is 13.3. The maximum Gasteiger partial charge on any atom is 0.123 e. The summed E-state index contributed by atoms with van der Waals surface area (Å²) in [6.45, 7) is 1.89. The molecule has 0 bridgehead atoms. The minimum absolute atomic E-state index is 0.0946. The van der Waals surface area contributed by atoms with Crippen molar-refractivity contribution in [3.8, 4) is 5.75 Å². The third-order valence-electron chi connectivity index (χ3n) is 3.59. The van der Waals surface area contributed by atoms with Crippen molar-refractivity contribution >= 4 is 16.5 Å². The second-order valence-electron chi connectivity index (χ2n) is 5.13. The molecule has 21 heavy (non-hydrogen) atoms. The van der Waals surface area contributed by atoms with Crippen LogP contribution in [0, 0.1) is 5.82 Å². The van der Waals surface area contributed by atoms with Crippen molar-refractivity contribution < 1.29 is 9.50 Å². The molecule has 0 amide bonds. The number of halogens is 1. The van der Waals surface area contributed by atoms with E-state index in [-0.39, 0.29) is 17.6 Å². The van der Waals surface area contributed by atoms with Crippen molar-refractivity contribution in [1.82, 2.24) is 0 Å². The van der Waals surface area contributed by atoms with Crippen molar-refractivity contribution in [2.45, 2.75) is 13.0 Å². The Hall–Kier alpha value is -2.55. The van der Waals surface area contributed by atoms with Crippen LogP contribution in [0.1, 0.15) is 18.5 Å². The molecule has 0 aromatic heterocycles. The van der Waals surface area contributed by atoms with Crippen LogP contribution in [-0.4, -0.2) is 5.11 Å². The van der Waals surface area contributed by atoms with E-state index in [4.69, 9.17) is 0 Å². The van der Waals surface area contributed by atoms with Crippen LogP contribution in [0.5, 0.6) is 5.75 Å². The van der Waals surface area contributed by atoms with Gasteiger partial charge in [-0.05, 0) is 48.0 Å². The summed E-state index contributed by atoms with van der Waals surface area (Å²) in [6, 6.07) is 18.0. The summed E-state index contributed by atoms with van der Waals surface area (Å²) in [5.74, 6) is -0.257. The molecule has 0 heterocycles. The second-order valence-corrected chi connectivity index (χ2v) is 5.13. The van der Waals surface area contributed by atoms with Crippen LogP contribution < -0.4 is 5.32 Å². The zero-order valence-corrected chi connectivity index (χ0v) is 11.7. The molecule has 1 unspecified atom stereocenters. The number of rotatable bonds is 3. The van der Waals surface area contributed by atoms with Crippen LogP contribution in [0.4, 0.5) is 10.1 Å². The average Bonchev–Trinajstić information content (AvgIpc) is 2.49. The molecule has 0 saturated heterocycles. The lowest BCUT2D eigenvalue weighted by atomic mass is 10.1. The monoisotopic (exact) mass is 281 g/mol. The van der Waals surface area contributed by atoms with Crippen molar-refractivity contribution in [2.24, 2.45) is 0 Å². The molecule has 3 rings (SSSR count). The summed E-state index contributed by atoms with van der Waals surface area (Å²) in [4.78, 5) is 0. The van der Waals surface area contributed by atoms with Crippen molar-refractivity contribution in [3.05, 3.63) is 72.0 Å².